The number of aromatic nitrogens is 2. The molecule has 2 heterocycles. The Morgan fingerprint density at radius 2 is 2.16 bits per heavy atom. The zero-order valence-corrected chi connectivity index (χ0v) is 15.0. The number of fused-ring (bicyclic) bond motifs is 1. The third kappa shape index (κ3) is 3.93. The van der Waals surface area contributed by atoms with Gasteiger partial charge in [-0.25, -0.2) is 4.79 Å². The van der Waals surface area contributed by atoms with Crippen molar-refractivity contribution in [2.24, 2.45) is 0 Å². The van der Waals surface area contributed by atoms with Crippen LogP contribution < -0.4 is 10.2 Å². The number of nitrogens with one attached hydrogen (secondary N) is 1. The largest absolute Gasteiger partial charge is 0.383 e. The number of carbonyl (C=O) groups is 1. The third-order valence-corrected chi connectivity index (χ3v) is 4.47. The highest BCUT2D eigenvalue weighted by atomic mass is 16.5. The predicted molar refractivity (Wildman–Crippen MR) is 97.8 cm³/mol. The van der Waals surface area contributed by atoms with Gasteiger partial charge in [-0.05, 0) is 18.6 Å². The molecule has 0 radical (unpaired) electrons. The van der Waals surface area contributed by atoms with Crippen LogP contribution in [-0.2, 0) is 17.8 Å². The molecular weight excluding hydrogens is 318 g/mol. The molecule has 1 N–H and O–H groups in total. The van der Waals surface area contributed by atoms with Crippen molar-refractivity contribution in [2.45, 2.75) is 26.1 Å². The van der Waals surface area contributed by atoms with Gasteiger partial charge in [0.05, 0.1) is 13.2 Å². The average molecular weight is 343 g/mol. The summed E-state index contributed by atoms with van der Waals surface area (Å²) in [7, 11) is 3.72. The highest BCUT2D eigenvalue weighted by Crippen LogP contribution is 2.26. The zero-order valence-electron chi connectivity index (χ0n) is 15.0. The summed E-state index contributed by atoms with van der Waals surface area (Å²) in [4.78, 5) is 16.9. The van der Waals surface area contributed by atoms with Crippen LogP contribution in [0.2, 0.25) is 0 Å². The van der Waals surface area contributed by atoms with Crippen LogP contribution in [0.5, 0.6) is 0 Å². The molecule has 0 saturated heterocycles. The highest BCUT2D eigenvalue weighted by Gasteiger charge is 2.27. The van der Waals surface area contributed by atoms with Crippen molar-refractivity contribution >= 4 is 17.5 Å². The molecule has 2 aromatic rings. The standard InChI is InChI=1S/C18H25N5O2/c1-14-12-21(2)16-7-5-4-6-15(16)13-23(14)18(24)19-17-8-9-22(20-17)10-11-25-3/h4-9,14H,10-13H2,1-3H3,(H,19,20,24)/t14-/m1/s1. The highest BCUT2D eigenvalue weighted by molar-refractivity contribution is 5.88. The smallest absolute Gasteiger partial charge is 0.323 e. The summed E-state index contributed by atoms with van der Waals surface area (Å²) in [6.07, 6.45) is 1.84. The van der Waals surface area contributed by atoms with Gasteiger partial charge < -0.3 is 14.5 Å². The van der Waals surface area contributed by atoms with Crippen molar-refractivity contribution in [3.8, 4) is 0 Å². The first-order valence-corrected chi connectivity index (χ1v) is 8.47. The molecule has 1 aromatic heterocycles. The van der Waals surface area contributed by atoms with Gasteiger partial charge in [0.15, 0.2) is 5.82 Å². The van der Waals surface area contributed by atoms with Crippen LogP contribution in [0.15, 0.2) is 36.5 Å². The number of methoxy groups -OCH3 is 1. The minimum absolute atomic E-state index is 0.0907. The summed E-state index contributed by atoms with van der Waals surface area (Å²) < 4.78 is 6.80. The maximum Gasteiger partial charge on any atom is 0.323 e. The Balaban J connectivity index is 1.72. The fraction of sp³-hybridized carbons (Fsp3) is 0.444. The molecule has 25 heavy (non-hydrogen) atoms. The Labute approximate surface area is 148 Å². The van der Waals surface area contributed by atoms with Gasteiger partial charge in [-0.1, -0.05) is 18.2 Å². The lowest BCUT2D eigenvalue weighted by atomic mass is 10.1. The fourth-order valence-corrected chi connectivity index (χ4v) is 3.14. The summed E-state index contributed by atoms with van der Waals surface area (Å²) in [5.41, 5.74) is 2.32. The summed E-state index contributed by atoms with van der Waals surface area (Å²) in [5, 5.41) is 7.27. The second kappa shape index (κ2) is 7.57. The molecule has 1 atom stereocenters. The van der Waals surface area contributed by atoms with E-state index in [2.05, 4.69) is 41.4 Å². The van der Waals surface area contributed by atoms with Crippen LogP contribution in [0.4, 0.5) is 16.3 Å². The maximum absolute atomic E-state index is 12.8. The van der Waals surface area contributed by atoms with Crippen molar-refractivity contribution in [3.05, 3.63) is 42.1 Å². The van der Waals surface area contributed by atoms with Crippen LogP contribution in [0, 0.1) is 0 Å². The molecule has 0 spiro atoms. The molecule has 134 valence electrons. The maximum atomic E-state index is 12.8. The van der Waals surface area contributed by atoms with E-state index in [4.69, 9.17) is 4.74 Å². The van der Waals surface area contributed by atoms with Gasteiger partial charge in [-0.15, -0.1) is 0 Å². The molecule has 7 heteroatoms. The van der Waals surface area contributed by atoms with Gasteiger partial charge >= 0.3 is 6.03 Å². The number of hydrogen-bond acceptors (Lipinski definition) is 4. The Kier molecular flexibility index (Phi) is 5.23. The number of anilines is 2. The SMILES string of the molecule is COCCn1ccc(NC(=O)N2Cc3ccccc3N(C)C[C@H]2C)n1. The number of amides is 2. The summed E-state index contributed by atoms with van der Waals surface area (Å²) in [5.74, 6) is 0.555. The van der Waals surface area contributed by atoms with Crippen molar-refractivity contribution < 1.29 is 9.53 Å². The number of carbonyl (C=O) groups excluding carboxylic acids is 1. The number of hydrogen-bond donors (Lipinski definition) is 1. The predicted octanol–water partition coefficient (Wildman–Crippen LogP) is 2.40. The van der Waals surface area contributed by atoms with E-state index in [-0.39, 0.29) is 12.1 Å². The molecule has 1 aromatic carbocycles. The molecule has 0 unspecified atom stereocenters. The van der Waals surface area contributed by atoms with Crippen LogP contribution in [-0.4, -0.2) is 54.1 Å². The van der Waals surface area contributed by atoms with Crippen molar-refractivity contribution in [1.29, 1.82) is 0 Å². The first kappa shape index (κ1) is 17.3. The van der Waals surface area contributed by atoms with Crippen molar-refractivity contribution in [3.63, 3.8) is 0 Å². The number of likely N-dealkylation sites (N-methyl/N-ethyl adjacent to an activating group) is 1. The second-order valence-electron chi connectivity index (χ2n) is 6.37. The van der Waals surface area contributed by atoms with Crippen LogP contribution in [0.1, 0.15) is 12.5 Å². The molecule has 1 aliphatic rings. The van der Waals surface area contributed by atoms with E-state index in [9.17, 15) is 4.79 Å². The van der Waals surface area contributed by atoms with E-state index in [1.165, 1.54) is 5.69 Å². The Bertz CT molecular complexity index is 730. The Morgan fingerprint density at radius 1 is 1.36 bits per heavy atom. The average Bonchev–Trinajstić information content (AvgIpc) is 2.99. The molecule has 3 rings (SSSR count). The monoisotopic (exact) mass is 343 g/mol. The number of rotatable bonds is 4. The van der Waals surface area contributed by atoms with E-state index in [0.717, 1.165) is 12.1 Å². The Morgan fingerprint density at radius 3 is 2.96 bits per heavy atom. The van der Waals surface area contributed by atoms with Crippen molar-refractivity contribution in [1.82, 2.24) is 14.7 Å². The minimum atomic E-state index is -0.130. The second-order valence-corrected chi connectivity index (χ2v) is 6.37. The lowest BCUT2D eigenvalue weighted by Crippen LogP contribution is -2.44. The lowest BCUT2D eigenvalue weighted by molar-refractivity contribution is 0.183. The van der Waals surface area contributed by atoms with Crippen LogP contribution >= 0.6 is 0 Å². The van der Waals surface area contributed by atoms with Crippen LogP contribution in [0.3, 0.4) is 0 Å². The van der Waals surface area contributed by atoms with Gasteiger partial charge in [0.2, 0.25) is 0 Å². The number of urea groups is 1. The first-order chi connectivity index (χ1) is 12.1. The Hall–Kier alpha value is -2.54. The summed E-state index contributed by atoms with van der Waals surface area (Å²) in [6.45, 7) is 4.68. The molecule has 0 aliphatic carbocycles. The topological polar surface area (TPSA) is 62.6 Å². The van der Waals surface area contributed by atoms with Gasteiger partial charge in [-0.2, -0.15) is 5.10 Å². The number of ether oxygens (including phenoxy) is 1. The van der Waals surface area contributed by atoms with Gasteiger partial charge in [0.1, 0.15) is 0 Å². The summed E-state index contributed by atoms with van der Waals surface area (Å²) >= 11 is 0. The molecule has 0 bridgehead atoms. The first-order valence-electron chi connectivity index (χ1n) is 8.47. The molecular formula is C18H25N5O2. The quantitative estimate of drug-likeness (QED) is 0.926. The normalized spacial score (nSPS) is 17.2. The third-order valence-electron chi connectivity index (χ3n) is 4.47. The molecule has 0 saturated carbocycles. The van der Waals surface area contributed by atoms with E-state index < -0.39 is 0 Å². The summed E-state index contributed by atoms with van der Waals surface area (Å²) in [6, 6.07) is 9.97. The molecule has 2 amide bonds. The van der Waals surface area contributed by atoms with E-state index in [1.54, 1.807) is 17.9 Å². The molecule has 1 aliphatic heterocycles. The number of para-hydroxylation sites is 1. The lowest BCUT2D eigenvalue weighted by Gasteiger charge is -2.28. The molecule has 7 nitrogen and oxygen atoms in total. The zero-order chi connectivity index (χ0) is 17.8. The number of nitrogens with zero attached hydrogens (tertiary/aromatic N) is 4. The fourth-order valence-electron chi connectivity index (χ4n) is 3.14. The molecule has 0 fully saturated rings. The van der Waals surface area contributed by atoms with Crippen molar-refractivity contribution in [2.75, 3.05) is 37.5 Å². The van der Waals surface area contributed by atoms with E-state index >= 15 is 0 Å². The van der Waals surface area contributed by atoms with Crippen LogP contribution in [0.25, 0.3) is 0 Å². The van der Waals surface area contributed by atoms with Gasteiger partial charge in [-0.3, -0.25) is 10.00 Å². The number of benzene rings is 1. The minimum Gasteiger partial charge on any atom is -0.383 e. The van der Waals surface area contributed by atoms with E-state index in [1.807, 2.05) is 23.2 Å². The van der Waals surface area contributed by atoms with Gasteiger partial charge in [0.25, 0.3) is 0 Å². The van der Waals surface area contributed by atoms with Gasteiger partial charge in [0, 0.05) is 51.2 Å². The van der Waals surface area contributed by atoms with E-state index in [0.29, 0.717) is 25.5 Å².